The Hall–Kier alpha value is -3.30. The van der Waals surface area contributed by atoms with Crippen molar-refractivity contribution in [3.05, 3.63) is 50.8 Å². The number of benzene rings is 1. The summed E-state index contributed by atoms with van der Waals surface area (Å²) in [4.78, 5) is 29.5. The van der Waals surface area contributed by atoms with Crippen LogP contribution in [0.4, 0.5) is 28.7 Å². The van der Waals surface area contributed by atoms with Gasteiger partial charge in [-0.05, 0) is 18.9 Å². The Bertz CT molecular complexity index is 836. The zero-order valence-electron chi connectivity index (χ0n) is 14.6. The molecule has 1 aliphatic carbocycles. The lowest BCUT2D eigenvalue weighted by Crippen LogP contribution is -2.20. The molecular formula is C17H20N6O4. The summed E-state index contributed by atoms with van der Waals surface area (Å²) in [6, 6.07) is 5.85. The van der Waals surface area contributed by atoms with Gasteiger partial charge in [-0.1, -0.05) is 31.7 Å². The van der Waals surface area contributed by atoms with Gasteiger partial charge in [-0.25, -0.2) is 9.97 Å². The van der Waals surface area contributed by atoms with Gasteiger partial charge in [-0.2, -0.15) is 0 Å². The lowest BCUT2D eigenvalue weighted by Gasteiger charge is -2.17. The molecule has 27 heavy (non-hydrogen) atoms. The molecule has 3 rings (SSSR count). The summed E-state index contributed by atoms with van der Waals surface area (Å²) in [7, 11) is 0. The first-order valence-electron chi connectivity index (χ1n) is 8.82. The van der Waals surface area contributed by atoms with Crippen molar-refractivity contribution in [2.24, 2.45) is 0 Å². The number of nitrogens with one attached hydrogen (secondary N) is 2. The van der Waals surface area contributed by atoms with Crippen LogP contribution in [0, 0.1) is 20.2 Å². The van der Waals surface area contributed by atoms with Gasteiger partial charge >= 0.3 is 5.69 Å². The Kier molecular flexibility index (Phi) is 5.74. The van der Waals surface area contributed by atoms with Crippen LogP contribution >= 0.6 is 0 Å². The highest BCUT2D eigenvalue weighted by Gasteiger charge is 2.25. The molecule has 0 saturated heterocycles. The van der Waals surface area contributed by atoms with Crippen LogP contribution in [0.5, 0.6) is 0 Å². The van der Waals surface area contributed by atoms with E-state index in [2.05, 4.69) is 20.6 Å². The highest BCUT2D eigenvalue weighted by Crippen LogP contribution is 2.33. The maximum Gasteiger partial charge on any atom is 0.353 e. The van der Waals surface area contributed by atoms with Crippen molar-refractivity contribution in [1.82, 2.24) is 9.97 Å². The largest absolute Gasteiger partial charge is 0.361 e. The van der Waals surface area contributed by atoms with Gasteiger partial charge in [0, 0.05) is 23.9 Å². The molecule has 1 fully saturated rings. The van der Waals surface area contributed by atoms with Gasteiger partial charge in [0.15, 0.2) is 0 Å². The second kappa shape index (κ2) is 8.39. The van der Waals surface area contributed by atoms with Crippen molar-refractivity contribution in [2.75, 3.05) is 10.6 Å². The third kappa shape index (κ3) is 4.66. The molecule has 10 nitrogen and oxygen atoms in total. The summed E-state index contributed by atoms with van der Waals surface area (Å²) < 4.78 is 0. The lowest BCUT2D eigenvalue weighted by atomic mass is 10.1. The van der Waals surface area contributed by atoms with Crippen molar-refractivity contribution in [3.63, 3.8) is 0 Å². The van der Waals surface area contributed by atoms with Gasteiger partial charge in [-0.3, -0.25) is 20.2 Å². The van der Waals surface area contributed by atoms with E-state index in [-0.39, 0.29) is 29.1 Å². The summed E-state index contributed by atoms with van der Waals surface area (Å²) >= 11 is 0. The molecule has 0 aliphatic heterocycles. The smallest absolute Gasteiger partial charge is 0.353 e. The van der Waals surface area contributed by atoms with E-state index < -0.39 is 9.85 Å². The fourth-order valence-electron chi connectivity index (χ4n) is 3.20. The second-order valence-corrected chi connectivity index (χ2v) is 6.44. The summed E-state index contributed by atoms with van der Waals surface area (Å²) in [5.41, 5.74) is -0.0480. The third-order valence-electron chi connectivity index (χ3n) is 4.52. The minimum Gasteiger partial charge on any atom is -0.361 e. The summed E-state index contributed by atoms with van der Waals surface area (Å²) in [6.07, 6.45) is 7.62. The maximum atomic E-state index is 11.7. The first-order valence-corrected chi connectivity index (χ1v) is 8.82. The first kappa shape index (κ1) is 18.5. The Morgan fingerprint density at radius 1 is 0.963 bits per heavy atom. The van der Waals surface area contributed by atoms with E-state index in [4.69, 9.17) is 0 Å². The average Bonchev–Trinajstić information content (AvgIpc) is 2.90. The minimum atomic E-state index is -0.543. The summed E-state index contributed by atoms with van der Waals surface area (Å²) in [6.45, 7) is 0. The fourth-order valence-corrected chi connectivity index (χ4v) is 3.20. The molecule has 0 unspecified atom stereocenters. The van der Waals surface area contributed by atoms with Crippen molar-refractivity contribution < 1.29 is 9.85 Å². The molecule has 0 atom stereocenters. The second-order valence-electron chi connectivity index (χ2n) is 6.44. The minimum absolute atomic E-state index is 0.00776. The molecule has 2 N–H and O–H groups in total. The van der Waals surface area contributed by atoms with Gasteiger partial charge in [0.25, 0.3) is 5.69 Å². The number of hydrogen-bond acceptors (Lipinski definition) is 8. The number of rotatable bonds is 6. The number of anilines is 3. The molecule has 1 saturated carbocycles. The predicted molar refractivity (Wildman–Crippen MR) is 100 cm³/mol. The zero-order valence-corrected chi connectivity index (χ0v) is 14.6. The number of non-ortho nitro benzene ring substituents is 1. The Labute approximate surface area is 155 Å². The summed E-state index contributed by atoms with van der Waals surface area (Å²) in [5.74, 6) is 0.154. The van der Waals surface area contributed by atoms with E-state index in [1.807, 2.05) is 0 Å². The van der Waals surface area contributed by atoms with Gasteiger partial charge < -0.3 is 10.6 Å². The lowest BCUT2D eigenvalue weighted by molar-refractivity contribution is -0.384. The highest BCUT2D eigenvalue weighted by atomic mass is 16.6. The topological polar surface area (TPSA) is 136 Å². The molecule has 1 aromatic carbocycles. The molecule has 0 amide bonds. The van der Waals surface area contributed by atoms with Crippen molar-refractivity contribution in [1.29, 1.82) is 0 Å². The molecular weight excluding hydrogens is 352 g/mol. The normalized spacial score (nSPS) is 15.0. The molecule has 0 radical (unpaired) electrons. The van der Waals surface area contributed by atoms with Crippen LogP contribution in [0.3, 0.4) is 0 Å². The first-order chi connectivity index (χ1) is 13.0. The van der Waals surface area contributed by atoms with E-state index in [9.17, 15) is 20.2 Å². The van der Waals surface area contributed by atoms with Gasteiger partial charge in [0.1, 0.15) is 6.33 Å². The van der Waals surface area contributed by atoms with E-state index in [1.54, 1.807) is 6.07 Å². The van der Waals surface area contributed by atoms with E-state index in [1.165, 1.54) is 37.4 Å². The van der Waals surface area contributed by atoms with Crippen LogP contribution in [0.1, 0.15) is 38.5 Å². The van der Waals surface area contributed by atoms with Crippen LogP contribution < -0.4 is 10.6 Å². The number of aromatic nitrogens is 2. The Morgan fingerprint density at radius 2 is 1.67 bits per heavy atom. The quantitative estimate of drug-likeness (QED) is 0.438. The van der Waals surface area contributed by atoms with Crippen molar-refractivity contribution in [3.8, 4) is 0 Å². The Balaban J connectivity index is 1.88. The zero-order chi connectivity index (χ0) is 19.2. The molecule has 142 valence electrons. The molecule has 0 bridgehead atoms. The van der Waals surface area contributed by atoms with Gasteiger partial charge in [-0.15, -0.1) is 0 Å². The third-order valence-corrected chi connectivity index (χ3v) is 4.52. The molecule has 10 heteroatoms. The molecule has 1 aliphatic rings. The molecule has 1 heterocycles. The molecule has 0 spiro atoms. The predicted octanol–water partition coefficient (Wildman–Crippen LogP) is 4.17. The van der Waals surface area contributed by atoms with Crippen molar-refractivity contribution in [2.45, 2.75) is 44.6 Å². The monoisotopic (exact) mass is 372 g/mol. The SMILES string of the molecule is O=[N+]([O-])c1cccc(Nc2ncnc(NC3CCCCCC3)c2[N+](=O)[O-])c1. The maximum absolute atomic E-state index is 11.7. The standard InChI is InChI=1S/C17H20N6O4/c24-22(25)14-9-5-8-13(10-14)21-17-15(23(26)27)16(18-11-19-17)20-12-6-3-1-2-4-7-12/h5,8-12H,1-4,6-7H2,(H2,18,19,20,21). The summed E-state index contributed by atoms with van der Waals surface area (Å²) in [5, 5.41) is 28.6. The van der Waals surface area contributed by atoms with Crippen LogP contribution in [0.15, 0.2) is 30.6 Å². The highest BCUT2D eigenvalue weighted by molar-refractivity contribution is 5.74. The molecule has 2 aromatic rings. The average molecular weight is 372 g/mol. The Morgan fingerprint density at radius 3 is 2.33 bits per heavy atom. The van der Waals surface area contributed by atoms with Crippen LogP contribution in [-0.2, 0) is 0 Å². The number of nitro groups is 2. The van der Waals surface area contributed by atoms with Crippen molar-refractivity contribution >= 4 is 28.7 Å². The fraction of sp³-hybridized carbons (Fsp3) is 0.412. The van der Waals surface area contributed by atoms with Gasteiger partial charge in [0.05, 0.1) is 9.85 Å². The van der Waals surface area contributed by atoms with E-state index in [0.29, 0.717) is 5.69 Å². The van der Waals surface area contributed by atoms with Gasteiger partial charge in [0.2, 0.25) is 11.6 Å². The van der Waals surface area contributed by atoms with E-state index in [0.717, 1.165) is 25.7 Å². The number of nitrogens with zero attached hydrogens (tertiary/aromatic N) is 4. The van der Waals surface area contributed by atoms with E-state index >= 15 is 0 Å². The van der Waals surface area contributed by atoms with Crippen LogP contribution in [0.2, 0.25) is 0 Å². The number of hydrogen-bond donors (Lipinski definition) is 2. The van der Waals surface area contributed by atoms with Crippen LogP contribution in [-0.4, -0.2) is 25.9 Å². The molecule has 1 aromatic heterocycles. The number of nitro benzene ring substituents is 1. The van der Waals surface area contributed by atoms with Crippen LogP contribution in [0.25, 0.3) is 0 Å².